The molecule has 0 unspecified atom stereocenters. The minimum atomic E-state index is -0.974. The SMILES string of the molecule is O=C(O)CCN(CCc1cccnc1)C(=O)c1ccccc1-c1ccccc1C(=O)NCc1ccccc1. The number of benzene rings is 3. The van der Waals surface area contributed by atoms with E-state index in [0.29, 0.717) is 41.8 Å². The van der Waals surface area contributed by atoms with Crippen molar-refractivity contribution in [2.24, 2.45) is 0 Å². The number of nitrogens with one attached hydrogen (secondary N) is 1. The molecular formula is C31H29N3O4. The van der Waals surface area contributed by atoms with Crippen molar-refractivity contribution < 1.29 is 19.5 Å². The van der Waals surface area contributed by atoms with Crippen LogP contribution in [-0.4, -0.2) is 45.9 Å². The minimum Gasteiger partial charge on any atom is -0.481 e. The van der Waals surface area contributed by atoms with E-state index in [4.69, 9.17) is 0 Å². The standard InChI is InChI=1S/C31H29N3O4/c35-29(36)17-20-34(19-16-24-11-8-18-32-21-24)31(38)28-15-7-5-13-26(28)25-12-4-6-14-27(25)30(37)33-22-23-9-2-1-3-10-23/h1-15,18,21H,16-17,19-20,22H2,(H,33,37)(H,35,36). The van der Waals surface area contributed by atoms with Gasteiger partial charge in [-0.1, -0.05) is 72.8 Å². The summed E-state index contributed by atoms with van der Waals surface area (Å²) in [5.74, 6) is -1.51. The Morgan fingerprint density at radius 3 is 2.05 bits per heavy atom. The van der Waals surface area contributed by atoms with Crippen molar-refractivity contribution in [2.75, 3.05) is 13.1 Å². The Kier molecular flexibility index (Phi) is 8.97. The van der Waals surface area contributed by atoms with Crippen molar-refractivity contribution in [3.63, 3.8) is 0 Å². The van der Waals surface area contributed by atoms with Crippen molar-refractivity contribution in [3.05, 3.63) is 126 Å². The fraction of sp³-hybridized carbons (Fsp3) is 0.161. The molecule has 0 bridgehead atoms. The van der Waals surface area contributed by atoms with Gasteiger partial charge in [0.05, 0.1) is 6.42 Å². The number of rotatable bonds is 11. The summed E-state index contributed by atoms with van der Waals surface area (Å²) in [6.45, 7) is 0.791. The molecule has 7 heteroatoms. The molecule has 0 radical (unpaired) electrons. The van der Waals surface area contributed by atoms with Gasteiger partial charge in [-0.15, -0.1) is 0 Å². The Hall–Kier alpha value is -4.78. The fourth-order valence-electron chi connectivity index (χ4n) is 4.22. The predicted molar refractivity (Wildman–Crippen MR) is 146 cm³/mol. The second-order valence-electron chi connectivity index (χ2n) is 8.81. The van der Waals surface area contributed by atoms with Gasteiger partial charge in [0.15, 0.2) is 0 Å². The molecule has 4 rings (SSSR count). The van der Waals surface area contributed by atoms with E-state index >= 15 is 0 Å². The zero-order chi connectivity index (χ0) is 26.7. The number of pyridine rings is 1. The van der Waals surface area contributed by atoms with Crippen LogP contribution in [0.3, 0.4) is 0 Å². The Morgan fingerprint density at radius 1 is 0.737 bits per heavy atom. The summed E-state index contributed by atoms with van der Waals surface area (Å²) in [4.78, 5) is 44.0. The molecule has 3 aromatic carbocycles. The fourth-order valence-corrected chi connectivity index (χ4v) is 4.22. The van der Waals surface area contributed by atoms with Crippen molar-refractivity contribution in [1.82, 2.24) is 15.2 Å². The second-order valence-corrected chi connectivity index (χ2v) is 8.81. The summed E-state index contributed by atoms with van der Waals surface area (Å²) in [5, 5.41) is 12.2. The number of nitrogens with zero attached hydrogens (tertiary/aromatic N) is 2. The van der Waals surface area contributed by atoms with Crippen molar-refractivity contribution >= 4 is 17.8 Å². The zero-order valence-corrected chi connectivity index (χ0v) is 20.9. The summed E-state index contributed by atoms with van der Waals surface area (Å²) in [5.41, 5.74) is 4.05. The van der Waals surface area contributed by atoms with Gasteiger partial charge in [-0.05, 0) is 46.9 Å². The van der Waals surface area contributed by atoms with Crippen LogP contribution in [0.4, 0.5) is 0 Å². The minimum absolute atomic E-state index is 0.0714. The van der Waals surface area contributed by atoms with Crippen molar-refractivity contribution in [2.45, 2.75) is 19.4 Å². The Bertz CT molecular complexity index is 1390. The molecule has 0 aliphatic carbocycles. The van der Waals surface area contributed by atoms with Crippen LogP contribution in [-0.2, 0) is 17.8 Å². The maximum absolute atomic E-state index is 13.8. The molecule has 7 nitrogen and oxygen atoms in total. The van der Waals surface area contributed by atoms with E-state index in [1.165, 1.54) is 0 Å². The molecule has 1 aromatic heterocycles. The highest BCUT2D eigenvalue weighted by Gasteiger charge is 2.22. The average Bonchev–Trinajstić information content (AvgIpc) is 2.96. The van der Waals surface area contributed by atoms with E-state index in [1.807, 2.05) is 66.7 Å². The van der Waals surface area contributed by atoms with Gasteiger partial charge in [0, 0.05) is 43.2 Å². The number of carbonyl (C=O) groups excluding carboxylic acids is 2. The third-order valence-electron chi connectivity index (χ3n) is 6.19. The number of carboxylic acids is 1. The van der Waals surface area contributed by atoms with Crippen LogP contribution in [0, 0.1) is 0 Å². The smallest absolute Gasteiger partial charge is 0.305 e. The van der Waals surface area contributed by atoms with Gasteiger partial charge >= 0.3 is 5.97 Å². The molecule has 0 aliphatic heterocycles. The highest BCUT2D eigenvalue weighted by atomic mass is 16.4. The van der Waals surface area contributed by atoms with Crippen molar-refractivity contribution in [1.29, 1.82) is 0 Å². The topological polar surface area (TPSA) is 99.6 Å². The van der Waals surface area contributed by atoms with Gasteiger partial charge in [-0.3, -0.25) is 19.4 Å². The average molecular weight is 508 g/mol. The van der Waals surface area contributed by atoms with E-state index in [1.54, 1.807) is 41.6 Å². The largest absolute Gasteiger partial charge is 0.481 e. The second kappa shape index (κ2) is 13.0. The van der Waals surface area contributed by atoms with Crippen LogP contribution in [0.25, 0.3) is 11.1 Å². The number of carboxylic acid groups (broad SMARTS) is 1. The van der Waals surface area contributed by atoms with E-state index in [0.717, 1.165) is 11.1 Å². The van der Waals surface area contributed by atoms with E-state index in [2.05, 4.69) is 10.3 Å². The molecule has 192 valence electrons. The summed E-state index contributed by atoms with van der Waals surface area (Å²) in [6.07, 6.45) is 3.79. The molecule has 1 heterocycles. The van der Waals surface area contributed by atoms with Crippen LogP contribution >= 0.6 is 0 Å². The lowest BCUT2D eigenvalue weighted by Crippen LogP contribution is -2.35. The molecule has 0 saturated carbocycles. The maximum atomic E-state index is 13.8. The van der Waals surface area contributed by atoms with Crippen LogP contribution in [0.2, 0.25) is 0 Å². The molecule has 38 heavy (non-hydrogen) atoms. The quantitative estimate of drug-likeness (QED) is 0.303. The van der Waals surface area contributed by atoms with Gasteiger partial charge in [0.25, 0.3) is 11.8 Å². The number of aromatic nitrogens is 1. The zero-order valence-electron chi connectivity index (χ0n) is 20.9. The van der Waals surface area contributed by atoms with Crippen LogP contribution in [0.5, 0.6) is 0 Å². The Morgan fingerprint density at radius 2 is 1.37 bits per heavy atom. The summed E-state index contributed by atoms with van der Waals surface area (Å²) in [7, 11) is 0. The molecule has 2 N–H and O–H groups in total. The van der Waals surface area contributed by atoms with Gasteiger partial charge < -0.3 is 15.3 Å². The predicted octanol–water partition coefficient (Wildman–Crippen LogP) is 4.84. The lowest BCUT2D eigenvalue weighted by atomic mass is 9.94. The molecule has 0 fully saturated rings. The highest BCUT2D eigenvalue weighted by Crippen LogP contribution is 2.28. The lowest BCUT2D eigenvalue weighted by Gasteiger charge is -2.24. The third-order valence-corrected chi connectivity index (χ3v) is 6.19. The number of amides is 2. The van der Waals surface area contributed by atoms with Crippen LogP contribution < -0.4 is 5.32 Å². The summed E-state index contributed by atoms with van der Waals surface area (Å²) in [6, 6.07) is 27.7. The first-order valence-electron chi connectivity index (χ1n) is 12.4. The molecule has 0 atom stereocenters. The number of carbonyl (C=O) groups is 3. The molecule has 0 saturated heterocycles. The first kappa shape index (κ1) is 26.3. The summed E-state index contributed by atoms with van der Waals surface area (Å²) < 4.78 is 0. The number of hydrogen-bond acceptors (Lipinski definition) is 4. The molecule has 2 amide bonds. The highest BCUT2D eigenvalue weighted by molar-refractivity contribution is 6.06. The van der Waals surface area contributed by atoms with E-state index in [9.17, 15) is 19.5 Å². The third kappa shape index (κ3) is 6.91. The van der Waals surface area contributed by atoms with Gasteiger partial charge in [0.2, 0.25) is 0 Å². The van der Waals surface area contributed by atoms with Gasteiger partial charge in [-0.2, -0.15) is 0 Å². The monoisotopic (exact) mass is 507 g/mol. The molecule has 0 aliphatic rings. The number of hydrogen-bond donors (Lipinski definition) is 2. The van der Waals surface area contributed by atoms with E-state index in [-0.39, 0.29) is 24.8 Å². The van der Waals surface area contributed by atoms with Crippen LogP contribution in [0.1, 0.15) is 38.3 Å². The normalized spacial score (nSPS) is 10.5. The first-order chi connectivity index (χ1) is 18.5. The van der Waals surface area contributed by atoms with Crippen molar-refractivity contribution in [3.8, 4) is 11.1 Å². The molecule has 0 spiro atoms. The Balaban J connectivity index is 1.61. The molecule has 4 aromatic rings. The first-order valence-corrected chi connectivity index (χ1v) is 12.4. The maximum Gasteiger partial charge on any atom is 0.305 e. The van der Waals surface area contributed by atoms with E-state index < -0.39 is 5.97 Å². The lowest BCUT2D eigenvalue weighted by molar-refractivity contribution is -0.137. The molecular weight excluding hydrogens is 478 g/mol. The van der Waals surface area contributed by atoms with Crippen LogP contribution in [0.15, 0.2) is 103 Å². The summed E-state index contributed by atoms with van der Waals surface area (Å²) >= 11 is 0. The number of aliphatic carboxylic acids is 1. The van der Waals surface area contributed by atoms with Gasteiger partial charge in [-0.25, -0.2) is 0 Å². The van der Waals surface area contributed by atoms with Gasteiger partial charge in [0.1, 0.15) is 0 Å². The Labute approximate surface area is 221 Å².